The molecule has 82 valence electrons. The second-order valence-electron chi connectivity index (χ2n) is 2.93. The molecule has 0 saturated carbocycles. The van der Waals surface area contributed by atoms with Gasteiger partial charge in [-0.15, -0.1) is 0 Å². The third-order valence-electron chi connectivity index (χ3n) is 1.80. The number of benzene rings is 1. The lowest BCUT2D eigenvalue weighted by atomic mass is 10.1. The predicted octanol–water partition coefficient (Wildman–Crippen LogP) is 1.05. The first-order chi connectivity index (χ1) is 7.50. The molecule has 1 aromatic rings. The van der Waals surface area contributed by atoms with Gasteiger partial charge in [0.05, 0.1) is 5.56 Å². The van der Waals surface area contributed by atoms with E-state index < -0.39 is 17.7 Å². The number of rotatable bonds is 4. The molecule has 0 fully saturated rings. The molecule has 0 aliphatic carbocycles. The Kier molecular flexibility index (Phi) is 3.55. The fourth-order valence-corrected chi connectivity index (χ4v) is 0.980. The summed E-state index contributed by atoms with van der Waals surface area (Å²) in [5.74, 6) is -3.60. The van der Waals surface area contributed by atoms with Crippen molar-refractivity contribution in [3.63, 3.8) is 0 Å². The molecule has 0 atom stereocenters. The second kappa shape index (κ2) is 4.88. The van der Waals surface area contributed by atoms with E-state index >= 15 is 0 Å². The van der Waals surface area contributed by atoms with Crippen LogP contribution in [0.4, 0.5) is 0 Å². The van der Waals surface area contributed by atoms with Crippen molar-refractivity contribution >= 4 is 23.8 Å². The molecule has 16 heavy (non-hydrogen) atoms. The van der Waals surface area contributed by atoms with Crippen LogP contribution < -0.4 is 0 Å². The topological polar surface area (TPSA) is 91.7 Å². The molecule has 0 saturated heterocycles. The molecule has 0 aromatic heterocycles. The molecule has 0 aliphatic heterocycles. The van der Waals surface area contributed by atoms with Crippen molar-refractivity contribution in [3.05, 3.63) is 41.5 Å². The van der Waals surface area contributed by atoms with E-state index in [2.05, 4.69) is 0 Å². The lowest BCUT2D eigenvalue weighted by molar-refractivity contribution is -0.146. The zero-order chi connectivity index (χ0) is 12.1. The van der Waals surface area contributed by atoms with Gasteiger partial charge in [0.15, 0.2) is 0 Å². The average Bonchev–Trinajstić information content (AvgIpc) is 2.26. The average molecular weight is 220 g/mol. The summed E-state index contributed by atoms with van der Waals surface area (Å²) in [6.07, 6.45) is 2.22. The van der Waals surface area contributed by atoms with Crippen LogP contribution in [-0.2, 0) is 9.59 Å². The van der Waals surface area contributed by atoms with Gasteiger partial charge in [0, 0.05) is 0 Å². The van der Waals surface area contributed by atoms with Crippen LogP contribution in [0.1, 0.15) is 15.9 Å². The Hall–Kier alpha value is -2.43. The van der Waals surface area contributed by atoms with E-state index in [-0.39, 0.29) is 5.56 Å². The molecular weight excluding hydrogens is 212 g/mol. The molecule has 0 heterocycles. The van der Waals surface area contributed by atoms with Crippen molar-refractivity contribution in [2.24, 2.45) is 0 Å². The summed E-state index contributed by atoms with van der Waals surface area (Å²) in [5.41, 5.74) is 0.682. The van der Waals surface area contributed by atoms with E-state index in [1.807, 2.05) is 0 Å². The van der Waals surface area contributed by atoms with Gasteiger partial charge >= 0.3 is 11.9 Å². The number of carboxylic acid groups (broad SMARTS) is 2. The summed E-state index contributed by atoms with van der Waals surface area (Å²) < 4.78 is 0. The normalized spacial score (nSPS) is 10.2. The largest absolute Gasteiger partial charge is 0.478 e. The molecule has 5 nitrogen and oxygen atoms in total. The summed E-state index contributed by atoms with van der Waals surface area (Å²) in [7, 11) is 0. The molecule has 1 rings (SSSR count). The Morgan fingerprint density at radius 2 is 1.56 bits per heavy atom. The van der Waals surface area contributed by atoms with Crippen molar-refractivity contribution in [3.8, 4) is 0 Å². The van der Waals surface area contributed by atoms with Crippen LogP contribution in [-0.4, -0.2) is 27.9 Å². The molecule has 0 spiro atoms. The molecule has 0 bridgehead atoms. The summed E-state index contributed by atoms with van der Waals surface area (Å²) in [5, 5.41) is 16.9. The molecule has 0 unspecified atom stereocenters. The number of carbonyl (C=O) groups is 3. The Bertz CT molecular complexity index is 456. The third kappa shape index (κ3) is 3.06. The SMILES string of the molecule is O=C(O)C(=O)/C=C/c1ccc(C(=O)O)cc1. The maximum atomic E-state index is 10.7. The first kappa shape index (κ1) is 11.6. The van der Waals surface area contributed by atoms with Crippen LogP contribution in [0, 0.1) is 0 Å². The van der Waals surface area contributed by atoms with Gasteiger partial charge in [-0.3, -0.25) is 4.79 Å². The van der Waals surface area contributed by atoms with Crippen molar-refractivity contribution in [1.29, 1.82) is 0 Å². The number of carbonyl (C=O) groups excluding carboxylic acids is 1. The minimum atomic E-state index is -1.53. The molecule has 0 amide bonds. The highest BCUT2D eigenvalue weighted by atomic mass is 16.4. The van der Waals surface area contributed by atoms with E-state index in [0.717, 1.165) is 6.08 Å². The summed E-state index contributed by atoms with van der Waals surface area (Å²) >= 11 is 0. The fraction of sp³-hybridized carbons (Fsp3) is 0. The third-order valence-corrected chi connectivity index (χ3v) is 1.80. The van der Waals surface area contributed by atoms with E-state index in [0.29, 0.717) is 5.56 Å². The van der Waals surface area contributed by atoms with Gasteiger partial charge < -0.3 is 10.2 Å². The Morgan fingerprint density at radius 3 is 2.00 bits per heavy atom. The van der Waals surface area contributed by atoms with Crippen LogP contribution in [0.15, 0.2) is 30.3 Å². The maximum absolute atomic E-state index is 10.7. The highest BCUT2D eigenvalue weighted by molar-refractivity contribution is 6.38. The van der Waals surface area contributed by atoms with Gasteiger partial charge in [0.25, 0.3) is 5.78 Å². The molecule has 1 aromatic carbocycles. The fourth-order valence-electron chi connectivity index (χ4n) is 0.980. The summed E-state index contributed by atoms with van der Waals surface area (Å²) in [4.78, 5) is 31.4. The number of hydrogen-bond donors (Lipinski definition) is 2. The van der Waals surface area contributed by atoms with Gasteiger partial charge in [-0.1, -0.05) is 18.2 Å². The molecular formula is C11H8O5. The van der Waals surface area contributed by atoms with Gasteiger partial charge in [-0.2, -0.15) is 0 Å². The van der Waals surface area contributed by atoms with Gasteiger partial charge in [-0.05, 0) is 23.8 Å². The lowest BCUT2D eigenvalue weighted by Crippen LogP contribution is -2.08. The quantitative estimate of drug-likeness (QED) is 0.584. The van der Waals surface area contributed by atoms with Gasteiger partial charge in [0.1, 0.15) is 0 Å². The Morgan fingerprint density at radius 1 is 1.00 bits per heavy atom. The first-order valence-electron chi connectivity index (χ1n) is 4.29. The maximum Gasteiger partial charge on any atom is 0.376 e. The van der Waals surface area contributed by atoms with Crippen molar-refractivity contribution in [2.45, 2.75) is 0 Å². The smallest absolute Gasteiger partial charge is 0.376 e. The number of carboxylic acids is 2. The Balaban J connectivity index is 2.80. The van der Waals surface area contributed by atoms with Crippen LogP contribution in [0.2, 0.25) is 0 Å². The number of ketones is 1. The van der Waals surface area contributed by atoms with E-state index in [1.165, 1.54) is 30.3 Å². The minimum Gasteiger partial charge on any atom is -0.478 e. The zero-order valence-corrected chi connectivity index (χ0v) is 8.08. The van der Waals surface area contributed by atoms with E-state index in [1.54, 1.807) is 0 Å². The monoisotopic (exact) mass is 220 g/mol. The van der Waals surface area contributed by atoms with Gasteiger partial charge in [-0.25, -0.2) is 9.59 Å². The zero-order valence-electron chi connectivity index (χ0n) is 8.08. The summed E-state index contributed by atoms with van der Waals surface area (Å²) in [6, 6.07) is 5.70. The number of aliphatic carboxylic acids is 1. The van der Waals surface area contributed by atoms with Crippen LogP contribution in [0.3, 0.4) is 0 Å². The number of hydrogen-bond acceptors (Lipinski definition) is 3. The number of aromatic carboxylic acids is 1. The predicted molar refractivity (Wildman–Crippen MR) is 55.1 cm³/mol. The highest BCUT2D eigenvalue weighted by Gasteiger charge is 2.05. The molecule has 2 N–H and O–H groups in total. The highest BCUT2D eigenvalue weighted by Crippen LogP contribution is 2.06. The summed E-state index contributed by atoms with van der Waals surface area (Å²) in [6.45, 7) is 0. The second-order valence-corrected chi connectivity index (χ2v) is 2.93. The van der Waals surface area contributed by atoms with E-state index in [9.17, 15) is 14.4 Å². The van der Waals surface area contributed by atoms with Crippen molar-refractivity contribution < 1.29 is 24.6 Å². The van der Waals surface area contributed by atoms with Crippen molar-refractivity contribution in [2.75, 3.05) is 0 Å². The van der Waals surface area contributed by atoms with E-state index in [4.69, 9.17) is 10.2 Å². The van der Waals surface area contributed by atoms with Crippen LogP contribution >= 0.6 is 0 Å². The molecule has 5 heteroatoms. The van der Waals surface area contributed by atoms with Crippen molar-refractivity contribution in [1.82, 2.24) is 0 Å². The van der Waals surface area contributed by atoms with Gasteiger partial charge in [0.2, 0.25) is 0 Å². The van der Waals surface area contributed by atoms with Crippen LogP contribution in [0.5, 0.6) is 0 Å². The minimum absolute atomic E-state index is 0.127. The standard InChI is InChI=1S/C11H8O5/c12-9(11(15)16)6-3-7-1-4-8(5-2-7)10(13)14/h1-6H,(H,13,14)(H,15,16)/b6-3+. The lowest BCUT2D eigenvalue weighted by Gasteiger charge is -1.95. The molecule has 0 aliphatic rings. The Labute approximate surface area is 90.6 Å². The molecule has 0 radical (unpaired) electrons. The van der Waals surface area contributed by atoms with Crippen LogP contribution in [0.25, 0.3) is 6.08 Å². The first-order valence-corrected chi connectivity index (χ1v) is 4.29.